The van der Waals surface area contributed by atoms with Crippen molar-refractivity contribution in [2.24, 2.45) is 11.8 Å². The molecule has 0 aliphatic carbocycles. The van der Waals surface area contributed by atoms with E-state index < -0.39 is 17.8 Å². The number of carbonyl (C=O) groups is 2. The summed E-state index contributed by atoms with van der Waals surface area (Å²) in [7, 11) is 4.10. The molecule has 39 heavy (non-hydrogen) atoms. The van der Waals surface area contributed by atoms with Crippen molar-refractivity contribution in [3.63, 3.8) is 0 Å². The van der Waals surface area contributed by atoms with Gasteiger partial charge in [0.25, 0.3) is 0 Å². The highest BCUT2D eigenvalue weighted by Gasteiger charge is 2.45. The number of phenolic OH excluding ortho intramolecular Hbond substituents is 1. The molecule has 0 unspecified atom stereocenters. The predicted octanol–water partition coefficient (Wildman–Crippen LogP) is 5.89. The molecule has 1 heterocycles. The molecular formula is C33H39FN2O3. The van der Waals surface area contributed by atoms with Gasteiger partial charge in [0, 0.05) is 42.0 Å². The molecular weight excluding hydrogens is 491 g/mol. The van der Waals surface area contributed by atoms with Crippen LogP contribution in [0, 0.1) is 31.5 Å². The first kappa shape index (κ1) is 28.7. The third kappa shape index (κ3) is 6.63. The van der Waals surface area contributed by atoms with Crippen molar-refractivity contribution in [1.82, 2.24) is 9.80 Å². The molecule has 1 saturated heterocycles. The second-order valence-corrected chi connectivity index (χ2v) is 11.1. The van der Waals surface area contributed by atoms with Gasteiger partial charge in [0.1, 0.15) is 11.6 Å². The number of likely N-dealkylation sites (tertiary alicyclic amines) is 1. The van der Waals surface area contributed by atoms with Crippen molar-refractivity contribution < 1.29 is 19.1 Å². The van der Waals surface area contributed by atoms with Gasteiger partial charge in [-0.25, -0.2) is 4.39 Å². The summed E-state index contributed by atoms with van der Waals surface area (Å²) in [6.45, 7) is 6.35. The van der Waals surface area contributed by atoms with Crippen LogP contribution >= 0.6 is 0 Å². The summed E-state index contributed by atoms with van der Waals surface area (Å²) < 4.78 is 14.9. The lowest BCUT2D eigenvalue weighted by Gasteiger charge is -2.43. The summed E-state index contributed by atoms with van der Waals surface area (Å²) in [5, 5.41) is 10.1. The van der Waals surface area contributed by atoms with Crippen LogP contribution in [0.5, 0.6) is 5.75 Å². The van der Waals surface area contributed by atoms with Crippen LogP contribution < -0.4 is 0 Å². The van der Waals surface area contributed by atoms with Crippen molar-refractivity contribution in [3.05, 3.63) is 100 Å². The molecule has 0 saturated carbocycles. The Hall–Kier alpha value is -3.35. The molecule has 1 fully saturated rings. The van der Waals surface area contributed by atoms with Gasteiger partial charge in [-0.1, -0.05) is 48.5 Å². The Kier molecular flexibility index (Phi) is 9.31. The summed E-state index contributed by atoms with van der Waals surface area (Å²) in [6.07, 6.45) is 1.96. The Balaban J connectivity index is 1.80. The van der Waals surface area contributed by atoms with E-state index in [1.54, 1.807) is 25.1 Å². The van der Waals surface area contributed by atoms with Crippen LogP contribution in [0.2, 0.25) is 0 Å². The Labute approximate surface area is 231 Å². The maximum absolute atomic E-state index is 14.9. The maximum atomic E-state index is 14.9. The summed E-state index contributed by atoms with van der Waals surface area (Å²) >= 11 is 0. The second-order valence-electron chi connectivity index (χ2n) is 11.1. The molecule has 0 bridgehead atoms. The molecule has 1 aliphatic rings. The van der Waals surface area contributed by atoms with E-state index in [9.17, 15) is 19.1 Å². The summed E-state index contributed by atoms with van der Waals surface area (Å²) in [5.74, 6) is -2.09. The van der Waals surface area contributed by atoms with Gasteiger partial charge < -0.3 is 14.9 Å². The predicted molar refractivity (Wildman–Crippen MR) is 153 cm³/mol. The van der Waals surface area contributed by atoms with Gasteiger partial charge in [0.05, 0.1) is 0 Å². The van der Waals surface area contributed by atoms with E-state index in [-0.39, 0.29) is 23.1 Å². The van der Waals surface area contributed by atoms with E-state index in [1.165, 1.54) is 18.2 Å². The van der Waals surface area contributed by atoms with Gasteiger partial charge in [-0.3, -0.25) is 9.59 Å². The van der Waals surface area contributed by atoms with E-state index in [4.69, 9.17) is 0 Å². The van der Waals surface area contributed by atoms with E-state index in [1.807, 2.05) is 51.4 Å². The summed E-state index contributed by atoms with van der Waals surface area (Å²) in [5.41, 5.74) is 3.09. The molecule has 0 amide bonds. The molecule has 1 aliphatic heterocycles. The monoisotopic (exact) mass is 530 g/mol. The Morgan fingerprint density at radius 2 is 1.62 bits per heavy atom. The normalized spacial score (nSPS) is 19.8. The van der Waals surface area contributed by atoms with E-state index in [2.05, 4.69) is 9.80 Å². The molecule has 0 spiro atoms. The fourth-order valence-electron chi connectivity index (χ4n) is 5.92. The number of ketones is 2. The zero-order valence-corrected chi connectivity index (χ0v) is 23.4. The molecule has 0 radical (unpaired) electrons. The number of hydrogen-bond acceptors (Lipinski definition) is 5. The number of piperidine rings is 1. The van der Waals surface area contributed by atoms with Gasteiger partial charge in [-0.2, -0.15) is 0 Å². The van der Waals surface area contributed by atoms with Crippen molar-refractivity contribution in [2.45, 2.75) is 32.6 Å². The highest BCUT2D eigenvalue weighted by atomic mass is 19.1. The first-order valence-electron chi connectivity index (χ1n) is 13.7. The number of aryl methyl sites for hydroxylation is 1. The van der Waals surface area contributed by atoms with E-state index in [0.717, 1.165) is 31.5 Å². The molecule has 3 atom stereocenters. The number of aromatic hydroxyl groups is 1. The molecule has 1 N–H and O–H groups in total. The molecule has 6 heteroatoms. The third-order valence-electron chi connectivity index (χ3n) is 7.99. The third-order valence-corrected chi connectivity index (χ3v) is 7.99. The minimum atomic E-state index is -0.576. The fraction of sp³-hybridized carbons (Fsp3) is 0.394. The van der Waals surface area contributed by atoms with Crippen LogP contribution in [0.1, 0.15) is 56.2 Å². The number of carbonyl (C=O) groups excluding carboxylic acids is 2. The van der Waals surface area contributed by atoms with Crippen LogP contribution in [-0.2, 0) is 0 Å². The van der Waals surface area contributed by atoms with Crippen LogP contribution in [0.25, 0.3) is 0 Å². The maximum Gasteiger partial charge on any atom is 0.168 e. The topological polar surface area (TPSA) is 60.9 Å². The van der Waals surface area contributed by atoms with Crippen LogP contribution in [0.3, 0.4) is 0 Å². The van der Waals surface area contributed by atoms with Crippen molar-refractivity contribution in [1.29, 1.82) is 0 Å². The van der Waals surface area contributed by atoms with E-state index in [0.29, 0.717) is 35.3 Å². The average molecular weight is 531 g/mol. The average Bonchev–Trinajstić information content (AvgIpc) is 2.91. The molecule has 4 rings (SSSR count). The zero-order chi connectivity index (χ0) is 28.1. The number of rotatable bonds is 10. The molecule has 5 nitrogen and oxygen atoms in total. The van der Waals surface area contributed by atoms with E-state index >= 15 is 0 Å². The zero-order valence-electron chi connectivity index (χ0n) is 23.4. The highest BCUT2D eigenvalue weighted by molar-refractivity contribution is 6.03. The number of nitrogens with zero attached hydrogens (tertiary/aromatic N) is 2. The molecule has 3 aromatic rings. The first-order valence-corrected chi connectivity index (χ1v) is 13.7. The fourth-order valence-corrected chi connectivity index (χ4v) is 5.92. The van der Waals surface area contributed by atoms with Gasteiger partial charge in [-0.05, 0) is 88.8 Å². The minimum Gasteiger partial charge on any atom is -0.508 e. The van der Waals surface area contributed by atoms with Gasteiger partial charge in [0.2, 0.25) is 0 Å². The Morgan fingerprint density at radius 3 is 2.31 bits per heavy atom. The van der Waals surface area contributed by atoms with Crippen molar-refractivity contribution in [2.75, 3.05) is 40.3 Å². The molecule has 206 valence electrons. The smallest absolute Gasteiger partial charge is 0.168 e. The lowest BCUT2D eigenvalue weighted by Crippen LogP contribution is -2.51. The standard InChI is InChI=1S/C33H39FN2O3/c1-22-11-5-6-14-26(22)33(39)29-21-36(18-8-7-17-35(3)4)20-28(32(38)24-12-9-13-25(37)19-24)31(29)27-15-10-16-30(34)23(27)2/h5-6,9-16,19,28-29,31,37H,7-8,17-18,20-21H2,1-4H3/t28-,29+,31+/m0/s1. The van der Waals surface area contributed by atoms with Crippen molar-refractivity contribution in [3.8, 4) is 5.75 Å². The number of benzene rings is 3. The first-order chi connectivity index (χ1) is 18.7. The number of phenols is 1. The second kappa shape index (κ2) is 12.7. The SMILES string of the molecule is Cc1ccccc1C(=O)[C@@H]1CN(CCCCN(C)C)C[C@H](C(=O)c2cccc(O)c2)[C@H]1c1cccc(F)c1C. The largest absolute Gasteiger partial charge is 0.508 e. The number of hydrogen-bond donors (Lipinski definition) is 1. The van der Waals surface area contributed by atoms with Gasteiger partial charge >= 0.3 is 0 Å². The van der Waals surface area contributed by atoms with Crippen molar-refractivity contribution >= 4 is 11.6 Å². The van der Waals surface area contributed by atoms with Crippen LogP contribution in [-0.4, -0.2) is 66.7 Å². The molecule has 0 aromatic heterocycles. The van der Waals surface area contributed by atoms with Gasteiger partial charge in [0.15, 0.2) is 11.6 Å². The lowest BCUT2D eigenvalue weighted by atomic mass is 9.67. The lowest BCUT2D eigenvalue weighted by molar-refractivity contribution is 0.0566. The highest BCUT2D eigenvalue weighted by Crippen LogP contribution is 2.42. The summed E-state index contributed by atoms with van der Waals surface area (Å²) in [6, 6.07) is 18.8. The Morgan fingerprint density at radius 1 is 0.923 bits per heavy atom. The summed E-state index contributed by atoms with van der Waals surface area (Å²) in [4.78, 5) is 32.7. The molecule has 3 aromatic carbocycles. The quantitative estimate of drug-likeness (QED) is 0.262. The number of unbranched alkanes of at least 4 members (excludes halogenated alkanes) is 1. The number of halogens is 1. The minimum absolute atomic E-state index is 0.0169. The Bertz CT molecular complexity index is 1320. The van der Waals surface area contributed by atoms with Crippen LogP contribution in [0.15, 0.2) is 66.7 Å². The van der Waals surface area contributed by atoms with Crippen LogP contribution in [0.4, 0.5) is 4.39 Å². The number of Topliss-reactive ketones (excluding diaryl/α,β-unsaturated/α-hetero) is 2. The van der Waals surface area contributed by atoms with Gasteiger partial charge in [-0.15, -0.1) is 0 Å².